The number of hydrogen-bond acceptors (Lipinski definition) is 4. The standard InChI is InChI=1S/C15H23ClN4O2S/c1-11(2)20-15(18-7-12-5-6-23(21,22)10-12)19-9-14-4-3-13(16)8-17-14/h3-4,8,11-12H,5-7,9-10H2,1-2H3,(H2,18,19,20). The fraction of sp³-hybridized carbons (Fsp3) is 0.600. The molecule has 8 heteroatoms. The van der Waals surface area contributed by atoms with E-state index in [0.717, 1.165) is 5.69 Å². The van der Waals surface area contributed by atoms with Gasteiger partial charge in [0.15, 0.2) is 15.8 Å². The second-order valence-corrected chi connectivity index (χ2v) is 8.75. The Morgan fingerprint density at radius 3 is 2.83 bits per heavy atom. The molecule has 2 N–H and O–H groups in total. The maximum atomic E-state index is 11.5. The van der Waals surface area contributed by atoms with Gasteiger partial charge in [-0.2, -0.15) is 0 Å². The lowest BCUT2D eigenvalue weighted by Crippen LogP contribution is -2.43. The first kappa shape index (κ1) is 18.0. The number of pyridine rings is 1. The second-order valence-electron chi connectivity index (χ2n) is 6.08. The number of rotatable bonds is 5. The van der Waals surface area contributed by atoms with Gasteiger partial charge in [0.05, 0.1) is 28.8 Å². The van der Waals surface area contributed by atoms with Crippen molar-refractivity contribution in [1.29, 1.82) is 0 Å². The molecule has 1 saturated heterocycles. The van der Waals surface area contributed by atoms with Crippen molar-refractivity contribution in [2.45, 2.75) is 32.9 Å². The summed E-state index contributed by atoms with van der Waals surface area (Å²) in [5.41, 5.74) is 0.822. The molecule has 1 atom stereocenters. The lowest BCUT2D eigenvalue weighted by Gasteiger charge is -2.17. The van der Waals surface area contributed by atoms with E-state index in [4.69, 9.17) is 11.6 Å². The molecule has 0 saturated carbocycles. The number of aliphatic imine (C=N–C) groups is 1. The zero-order chi connectivity index (χ0) is 16.9. The van der Waals surface area contributed by atoms with Crippen molar-refractivity contribution in [3.05, 3.63) is 29.0 Å². The maximum Gasteiger partial charge on any atom is 0.191 e. The molecule has 1 aromatic rings. The van der Waals surface area contributed by atoms with Crippen LogP contribution < -0.4 is 10.6 Å². The molecule has 0 aliphatic carbocycles. The van der Waals surface area contributed by atoms with E-state index in [-0.39, 0.29) is 23.5 Å². The zero-order valence-electron chi connectivity index (χ0n) is 13.4. The minimum atomic E-state index is -2.85. The lowest BCUT2D eigenvalue weighted by atomic mass is 10.1. The van der Waals surface area contributed by atoms with Crippen LogP contribution in [0.3, 0.4) is 0 Å². The molecule has 2 heterocycles. The van der Waals surface area contributed by atoms with E-state index >= 15 is 0 Å². The van der Waals surface area contributed by atoms with E-state index in [1.165, 1.54) is 0 Å². The molecule has 0 amide bonds. The summed E-state index contributed by atoms with van der Waals surface area (Å²) in [7, 11) is -2.85. The van der Waals surface area contributed by atoms with Gasteiger partial charge in [-0.05, 0) is 38.3 Å². The number of aromatic nitrogens is 1. The second kappa shape index (κ2) is 7.97. The maximum absolute atomic E-state index is 11.5. The molecule has 1 aliphatic heterocycles. The predicted molar refractivity (Wildman–Crippen MR) is 93.4 cm³/mol. The van der Waals surface area contributed by atoms with Crippen molar-refractivity contribution in [2.75, 3.05) is 18.1 Å². The molecule has 2 rings (SSSR count). The molecular weight excluding hydrogens is 336 g/mol. The summed E-state index contributed by atoms with van der Waals surface area (Å²) in [5.74, 6) is 1.36. The molecule has 0 aromatic carbocycles. The van der Waals surface area contributed by atoms with Crippen molar-refractivity contribution >= 4 is 27.4 Å². The van der Waals surface area contributed by atoms with Gasteiger partial charge in [-0.15, -0.1) is 0 Å². The van der Waals surface area contributed by atoms with Gasteiger partial charge in [0.2, 0.25) is 0 Å². The van der Waals surface area contributed by atoms with Gasteiger partial charge in [0.1, 0.15) is 0 Å². The summed E-state index contributed by atoms with van der Waals surface area (Å²) in [5, 5.41) is 7.07. The summed E-state index contributed by atoms with van der Waals surface area (Å²) in [4.78, 5) is 8.71. The Morgan fingerprint density at radius 1 is 1.48 bits per heavy atom. The van der Waals surface area contributed by atoms with E-state index in [2.05, 4.69) is 20.6 Å². The smallest absolute Gasteiger partial charge is 0.191 e. The highest BCUT2D eigenvalue weighted by Gasteiger charge is 2.27. The van der Waals surface area contributed by atoms with E-state index < -0.39 is 9.84 Å². The van der Waals surface area contributed by atoms with Crippen LogP contribution in [0.2, 0.25) is 5.02 Å². The molecule has 1 unspecified atom stereocenters. The van der Waals surface area contributed by atoms with E-state index in [1.54, 1.807) is 12.3 Å². The van der Waals surface area contributed by atoms with Gasteiger partial charge in [-0.1, -0.05) is 11.6 Å². The summed E-state index contributed by atoms with van der Waals surface area (Å²) in [6.45, 7) is 5.09. The first-order valence-electron chi connectivity index (χ1n) is 7.70. The van der Waals surface area contributed by atoms with Crippen LogP contribution in [0.5, 0.6) is 0 Å². The largest absolute Gasteiger partial charge is 0.356 e. The molecule has 6 nitrogen and oxygen atoms in total. The molecule has 0 radical (unpaired) electrons. The highest BCUT2D eigenvalue weighted by Crippen LogP contribution is 2.17. The van der Waals surface area contributed by atoms with Gasteiger partial charge in [0.25, 0.3) is 0 Å². The van der Waals surface area contributed by atoms with Crippen LogP contribution in [0.15, 0.2) is 23.3 Å². The number of guanidine groups is 1. The van der Waals surface area contributed by atoms with Crippen molar-refractivity contribution in [3.8, 4) is 0 Å². The van der Waals surface area contributed by atoms with Crippen LogP contribution >= 0.6 is 11.6 Å². The number of halogens is 1. The predicted octanol–water partition coefficient (Wildman–Crippen LogP) is 1.61. The third-order valence-electron chi connectivity index (χ3n) is 3.50. The Labute approximate surface area is 142 Å². The van der Waals surface area contributed by atoms with Crippen LogP contribution in [-0.4, -0.2) is 43.5 Å². The first-order chi connectivity index (χ1) is 10.8. The molecule has 1 fully saturated rings. The van der Waals surface area contributed by atoms with Gasteiger partial charge in [-0.25, -0.2) is 13.4 Å². The fourth-order valence-electron chi connectivity index (χ4n) is 2.36. The molecule has 23 heavy (non-hydrogen) atoms. The molecule has 0 spiro atoms. The van der Waals surface area contributed by atoms with Gasteiger partial charge in [-0.3, -0.25) is 4.98 Å². The summed E-state index contributed by atoms with van der Waals surface area (Å²) < 4.78 is 23.0. The molecule has 128 valence electrons. The topological polar surface area (TPSA) is 83.4 Å². The molecule has 0 bridgehead atoms. The third-order valence-corrected chi connectivity index (χ3v) is 5.56. The van der Waals surface area contributed by atoms with Crippen LogP contribution in [0.1, 0.15) is 26.0 Å². The van der Waals surface area contributed by atoms with E-state index in [1.807, 2.05) is 19.9 Å². The van der Waals surface area contributed by atoms with Crippen LogP contribution in [-0.2, 0) is 16.4 Å². The first-order valence-corrected chi connectivity index (χ1v) is 9.90. The highest BCUT2D eigenvalue weighted by molar-refractivity contribution is 7.91. The minimum Gasteiger partial charge on any atom is -0.356 e. The monoisotopic (exact) mass is 358 g/mol. The SMILES string of the molecule is CC(C)NC(=NCc1ccc(Cl)cn1)NCC1CCS(=O)(=O)C1. The van der Waals surface area contributed by atoms with E-state index in [9.17, 15) is 8.42 Å². The quantitative estimate of drug-likeness (QED) is 0.617. The summed E-state index contributed by atoms with van der Waals surface area (Å²) in [6, 6.07) is 3.85. The van der Waals surface area contributed by atoms with Crippen molar-refractivity contribution in [2.24, 2.45) is 10.9 Å². The highest BCUT2D eigenvalue weighted by atomic mass is 35.5. The Kier molecular flexibility index (Phi) is 6.24. The summed E-state index contributed by atoms with van der Waals surface area (Å²) >= 11 is 5.82. The molecule has 1 aliphatic rings. The fourth-order valence-corrected chi connectivity index (χ4v) is 4.33. The average molecular weight is 359 g/mol. The third kappa shape index (κ3) is 6.35. The minimum absolute atomic E-state index is 0.146. The number of sulfone groups is 1. The number of nitrogens with zero attached hydrogens (tertiary/aromatic N) is 2. The average Bonchev–Trinajstić information content (AvgIpc) is 2.82. The Balaban J connectivity index is 1.93. The molecule has 1 aromatic heterocycles. The van der Waals surface area contributed by atoms with Crippen molar-refractivity contribution in [1.82, 2.24) is 15.6 Å². The Hall–Kier alpha value is -1.34. The normalized spacial score (nSPS) is 20.7. The lowest BCUT2D eigenvalue weighted by molar-refractivity contribution is 0.562. The van der Waals surface area contributed by atoms with Crippen LogP contribution in [0, 0.1) is 5.92 Å². The van der Waals surface area contributed by atoms with Gasteiger partial charge in [0, 0.05) is 18.8 Å². The van der Waals surface area contributed by atoms with Crippen molar-refractivity contribution in [3.63, 3.8) is 0 Å². The van der Waals surface area contributed by atoms with E-state index in [0.29, 0.717) is 30.5 Å². The van der Waals surface area contributed by atoms with Crippen LogP contribution in [0.25, 0.3) is 0 Å². The molecular formula is C15H23ClN4O2S. The summed E-state index contributed by atoms with van der Waals surface area (Å²) in [6.07, 6.45) is 2.31. The Morgan fingerprint density at radius 2 is 2.26 bits per heavy atom. The van der Waals surface area contributed by atoms with Gasteiger partial charge < -0.3 is 10.6 Å². The zero-order valence-corrected chi connectivity index (χ0v) is 15.0. The van der Waals surface area contributed by atoms with Crippen molar-refractivity contribution < 1.29 is 8.42 Å². The van der Waals surface area contributed by atoms with Crippen LogP contribution in [0.4, 0.5) is 0 Å². The number of hydrogen-bond donors (Lipinski definition) is 2. The number of nitrogens with one attached hydrogen (secondary N) is 2. The van der Waals surface area contributed by atoms with Gasteiger partial charge >= 0.3 is 0 Å². The Bertz CT molecular complexity index is 644.